The molecule has 1 aliphatic carbocycles. The lowest BCUT2D eigenvalue weighted by Gasteiger charge is -2.44. The summed E-state index contributed by atoms with van der Waals surface area (Å²) in [4.78, 5) is 27.1. The van der Waals surface area contributed by atoms with Gasteiger partial charge in [-0.15, -0.1) is 5.10 Å². The van der Waals surface area contributed by atoms with Gasteiger partial charge in [-0.05, 0) is 37.2 Å². The predicted molar refractivity (Wildman–Crippen MR) is 106 cm³/mol. The number of hydrogen-bond acceptors (Lipinski definition) is 4. The highest BCUT2D eigenvalue weighted by Crippen LogP contribution is 2.35. The second-order valence-corrected chi connectivity index (χ2v) is 8.46. The number of rotatable bonds is 5. The number of hydrogen-bond donors (Lipinski definition) is 1. The predicted octanol–water partition coefficient (Wildman–Crippen LogP) is 2.89. The van der Waals surface area contributed by atoms with E-state index in [4.69, 9.17) is 0 Å². The summed E-state index contributed by atoms with van der Waals surface area (Å²) in [6.45, 7) is 1.33. The Morgan fingerprint density at radius 1 is 1.15 bits per heavy atom. The average Bonchev–Trinajstić information content (AvgIpc) is 3.06. The summed E-state index contributed by atoms with van der Waals surface area (Å²) in [5, 5.41) is 7.22. The Morgan fingerprint density at radius 2 is 1.93 bits per heavy atom. The number of nitrogens with one attached hydrogen (secondary N) is 1. The third kappa shape index (κ3) is 4.13. The van der Waals surface area contributed by atoms with Crippen molar-refractivity contribution in [3.05, 3.63) is 46.4 Å². The van der Waals surface area contributed by atoms with Crippen molar-refractivity contribution in [2.24, 2.45) is 5.92 Å². The quantitative estimate of drug-likeness (QED) is 0.802. The normalized spacial score (nSPS) is 22.4. The van der Waals surface area contributed by atoms with Gasteiger partial charge in [-0.25, -0.2) is 9.89 Å². The van der Waals surface area contributed by atoms with E-state index >= 15 is 0 Å². The number of nitrogens with zero attached hydrogens (tertiary/aromatic N) is 3. The van der Waals surface area contributed by atoms with E-state index in [-0.39, 0.29) is 11.6 Å². The van der Waals surface area contributed by atoms with Crippen molar-refractivity contribution < 1.29 is 4.79 Å². The van der Waals surface area contributed by atoms with Gasteiger partial charge >= 0.3 is 5.69 Å². The fourth-order valence-electron chi connectivity index (χ4n) is 4.46. The minimum Gasteiger partial charge on any atom is -0.339 e. The minimum absolute atomic E-state index is 0.179. The van der Waals surface area contributed by atoms with Gasteiger partial charge in [0.25, 0.3) is 0 Å². The number of amides is 1. The molecule has 1 aromatic carbocycles. The van der Waals surface area contributed by atoms with E-state index in [2.05, 4.69) is 15.1 Å². The first-order chi connectivity index (χ1) is 13.2. The standard InChI is InChI=1S/C20H26N4O2S/c25-18(23-12-6-10-16-9-4-5-11-17(16)23)14-27-20-22-21-19(26)24(20)13-15-7-2-1-3-8-15/h1-3,7-8,16-17H,4-6,9-14H2,(H,21,26)/t16-,17+/m0/s1. The molecule has 1 saturated heterocycles. The van der Waals surface area contributed by atoms with Crippen LogP contribution in [0.25, 0.3) is 0 Å². The second kappa shape index (κ2) is 8.33. The van der Waals surface area contributed by atoms with Crippen LogP contribution in [-0.2, 0) is 11.3 Å². The summed E-state index contributed by atoms with van der Waals surface area (Å²) >= 11 is 1.36. The van der Waals surface area contributed by atoms with E-state index in [1.54, 1.807) is 4.57 Å². The van der Waals surface area contributed by atoms with Crippen molar-refractivity contribution in [2.45, 2.75) is 56.3 Å². The fourth-order valence-corrected chi connectivity index (χ4v) is 5.29. The topological polar surface area (TPSA) is 71.0 Å². The highest BCUT2D eigenvalue weighted by Gasteiger charge is 2.35. The molecule has 0 unspecified atom stereocenters. The molecule has 2 fully saturated rings. The van der Waals surface area contributed by atoms with Crippen LogP contribution in [0.4, 0.5) is 0 Å². The first-order valence-corrected chi connectivity index (χ1v) is 10.8. The summed E-state index contributed by atoms with van der Waals surface area (Å²) in [5.41, 5.74) is 0.800. The number of carbonyl (C=O) groups excluding carboxylic acids is 1. The van der Waals surface area contributed by atoms with E-state index in [1.807, 2.05) is 30.3 Å². The number of fused-ring (bicyclic) bond motifs is 1. The molecule has 7 heteroatoms. The lowest BCUT2D eigenvalue weighted by molar-refractivity contribution is -0.134. The molecule has 2 aromatic rings. The molecule has 0 spiro atoms. The maximum atomic E-state index is 12.9. The number of piperidine rings is 1. The number of H-pyrrole nitrogens is 1. The molecule has 1 saturated carbocycles. The van der Waals surface area contributed by atoms with Crippen LogP contribution in [0, 0.1) is 5.92 Å². The SMILES string of the molecule is O=C(CSc1n[nH]c(=O)n1Cc1ccccc1)N1CCC[C@@H]2CCCC[C@H]21. The van der Waals surface area contributed by atoms with Gasteiger partial charge in [-0.2, -0.15) is 0 Å². The third-order valence-corrected chi connectivity index (χ3v) is 6.76. The fraction of sp³-hybridized carbons (Fsp3) is 0.550. The van der Waals surface area contributed by atoms with Crippen molar-refractivity contribution in [3.8, 4) is 0 Å². The molecule has 144 valence electrons. The highest BCUT2D eigenvalue weighted by molar-refractivity contribution is 7.99. The Hall–Kier alpha value is -2.02. The van der Waals surface area contributed by atoms with E-state index in [0.29, 0.717) is 29.4 Å². The Labute approximate surface area is 163 Å². The Kier molecular flexibility index (Phi) is 5.66. The van der Waals surface area contributed by atoms with Crippen LogP contribution in [0.15, 0.2) is 40.3 Å². The Morgan fingerprint density at radius 3 is 2.78 bits per heavy atom. The van der Waals surface area contributed by atoms with Crippen LogP contribution >= 0.6 is 11.8 Å². The van der Waals surface area contributed by atoms with Crippen molar-refractivity contribution in [1.82, 2.24) is 19.7 Å². The first-order valence-electron chi connectivity index (χ1n) is 9.84. The monoisotopic (exact) mass is 386 g/mol. The number of aromatic nitrogens is 3. The number of carbonyl (C=O) groups is 1. The van der Waals surface area contributed by atoms with Gasteiger partial charge in [0.1, 0.15) is 0 Å². The number of aromatic amines is 1. The van der Waals surface area contributed by atoms with E-state index in [1.165, 1.54) is 37.4 Å². The van der Waals surface area contributed by atoms with Crippen LogP contribution < -0.4 is 5.69 Å². The Balaban J connectivity index is 1.41. The maximum absolute atomic E-state index is 12.9. The molecule has 0 bridgehead atoms. The van der Waals surface area contributed by atoms with Gasteiger partial charge < -0.3 is 4.90 Å². The lowest BCUT2D eigenvalue weighted by Crippen LogP contribution is -2.50. The molecule has 6 nitrogen and oxygen atoms in total. The molecule has 0 radical (unpaired) electrons. The lowest BCUT2D eigenvalue weighted by atomic mass is 9.78. The number of thioether (sulfide) groups is 1. The summed E-state index contributed by atoms with van der Waals surface area (Å²) in [6, 6.07) is 10.2. The zero-order valence-corrected chi connectivity index (χ0v) is 16.3. The van der Waals surface area contributed by atoms with E-state index < -0.39 is 0 Å². The molecule has 27 heavy (non-hydrogen) atoms. The van der Waals surface area contributed by atoms with Gasteiger partial charge in [0.15, 0.2) is 5.16 Å². The van der Waals surface area contributed by atoms with Gasteiger partial charge in [-0.1, -0.05) is 54.9 Å². The minimum atomic E-state index is -0.237. The molecule has 1 aliphatic heterocycles. The summed E-state index contributed by atoms with van der Waals surface area (Å²) in [7, 11) is 0. The van der Waals surface area contributed by atoms with E-state index in [0.717, 1.165) is 24.9 Å². The molecule has 1 amide bonds. The molecule has 1 aromatic heterocycles. The van der Waals surface area contributed by atoms with Gasteiger partial charge in [0.05, 0.1) is 12.3 Å². The van der Waals surface area contributed by atoms with Crippen LogP contribution in [0.2, 0.25) is 0 Å². The smallest absolute Gasteiger partial charge is 0.339 e. The zero-order chi connectivity index (χ0) is 18.6. The summed E-state index contributed by atoms with van der Waals surface area (Å²) in [6.07, 6.45) is 7.31. The maximum Gasteiger partial charge on any atom is 0.344 e. The summed E-state index contributed by atoms with van der Waals surface area (Å²) < 4.78 is 1.60. The van der Waals surface area contributed by atoms with Crippen LogP contribution in [0.3, 0.4) is 0 Å². The average molecular weight is 387 g/mol. The van der Waals surface area contributed by atoms with Crippen LogP contribution in [0.5, 0.6) is 0 Å². The molecular formula is C20H26N4O2S. The van der Waals surface area contributed by atoms with Crippen molar-refractivity contribution >= 4 is 17.7 Å². The zero-order valence-electron chi connectivity index (χ0n) is 15.5. The molecular weight excluding hydrogens is 360 g/mol. The number of benzene rings is 1. The number of likely N-dealkylation sites (tertiary alicyclic amines) is 1. The van der Waals surface area contributed by atoms with Crippen molar-refractivity contribution in [1.29, 1.82) is 0 Å². The van der Waals surface area contributed by atoms with Gasteiger partial charge in [0.2, 0.25) is 5.91 Å². The third-order valence-electron chi connectivity index (χ3n) is 5.80. The molecule has 2 aliphatic rings. The first kappa shape index (κ1) is 18.3. The molecule has 1 N–H and O–H groups in total. The molecule has 2 heterocycles. The van der Waals surface area contributed by atoms with Gasteiger partial charge in [0, 0.05) is 12.6 Å². The summed E-state index contributed by atoms with van der Waals surface area (Å²) in [5.74, 6) is 1.20. The largest absolute Gasteiger partial charge is 0.344 e. The molecule has 4 rings (SSSR count). The van der Waals surface area contributed by atoms with Crippen molar-refractivity contribution in [3.63, 3.8) is 0 Å². The van der Waals surface area contributed by atoms with Crippen LogP contribution in [0.1, 0.15) is 44.1 Å². The van der Waals surface area contributed by atoms with E-state index in [9.17, 15) is 9.59 Å². The van der Waals surface area contributed by atoms with Gasteiger partial charge in [-0.3, -0.25) is 9.36 Å². The molecule has 2 atom stereocenters. The Bertz CT molecular complexity index is 830. The van der Waals surface area contributed by atoms with Crippen molar-refractivity contribution in [2.75, 3.05) is 12.3 Å². The second-order valence-electron chi connectivity index (χ2n) is 7.51. The highest BCUT2D eigenvalue weighted by atomic mass is 32.2. The van der Waals surface area contributed by atoms with Crippen LogP contribution in [-0.4, -0.2) is 43.9 Å².